The molecule has 2 rings (SSSR count). The average molecular weight is 230 g/mol. The fraction of sp³-hybridized carbons (Fsp3) is 0.154. The first kappa shape index (κ1) is 11.3. The van der Waals surface area contributed by atoms with Crippen LogP contribution in [0.4, 0.5) is 5.69 Å². The quantitative estimate of drug-likeness (QED) is 0.787. The SMILES string of the molecule is Nc1ccc(CCNC(=O)c2ccoc2)cc1. The monoisotopic (exact) mass is 230 g/mol. The zero-order chi connectivity index (χ0) is 12.1. The second-order valence-corrected chi connectivity index (χ2v) is 3.76. The molecule has 4 heteroatoms. The summed E-state index contributed by atoms with van der Waals surface area (Å²) in [7, 11) is 0. The molecule has 3 N–H and O–H groups in total. The van der Waals surface area contributed by atoms with Crippen molar-refractivity contribution in [2.24, 2.45) is 0 Å². The van der Waals surface area contributed by atoms with E-state index in [1.54, 1.807) is 6.07 Å². The molecule has 0 saturated carbocycles. The maximum absolute atomic E-state index is 11.6. The molecule has 0 bridgehead atoms. The van der Waals surface area contributed by atoms with Crippen LogP contribution in [-0.4, -0.2) is 12.5 Å². The fourth-order valence-electron chi connectivity index (χ4n) is 1.50. The Labute approximate surface area is 99.4 Å². The summed E-state index contributed by atoms with van der Waals surface area (Å²) < 4.78 is 4.84. The minimum Gasteiger partial charge on any atom is -0.472 e. The van der Waals surface area contributed by atoms with Crippen molar-refractivity contribution in [1.29, 1.82) is 0 Å². The van der Waals surface area contributed by atoms with Gasteiger partial charge in [-0.3, -0.25) is 4.79 Å². The molecule has 1 aromatic carbocycles. The number of furan rings is 1. The van der Waals surface area contributed by atoms with Crippen LogP contribution in [0, 0.1) is 0 Å². The Balaban J connectivity index is 1.80. The Morgan fingerprint density at radius 2 is 2.00 bits per heavy atom. The van der Waals surface area contributed by atoms with Crippen LogP contribution < -0.4 is 11.1 Å². The lowest BCUT2D eigenvalue weighted by molar-refractivity contribution is 0.0953. The summed E-state index contributed by atoms with van der Waals surface area (Å²) in [6.07, 6.45) is 3.69. The van der Waals surface area contributed by atoms with E-state index in [1.165, 1.54) is 12.5 Å². The van der Waals surface area contributed by atoms with Crippen LogP contribution in [0.25, 0.3) is 0 Å². The van der Waals surface area contributed by atoms with Crippen LogP contribution in [0.15, 0.2) is 47.3 Å². The molecule has 0 aliphatic rings. The van der Waals surface area contributed by atoms with E-state index in [4.69, 9.17) is 10.2 Å². The van der Waals surface area contributed by atoms with Gasteiger partial charge < -0.3 is 15.5 Å². The minimum atomic E-state index is -0.116. The van der Waals surface area contributed by atoms with Crippen LogP contribution in [0.2, 0.25) is 0 Å². The minimum absolute atomic E-state index is 0.116. The van der Waals surface area contributed by atoms with Crippen molar-refractivity contribution in [1.82, 2.24) is 5.32 Å². The van der Waals surface area contributed by atoms with Crippen molar-refractivity contribution in [3.63, 3.8) is 0 Å². The van der Waals surface area contributed by atoms with Gasteiger partial charge in [0.2, 0.25) is 0 Å². The molecule has 0 radical (unpaired) electrons. The number of amides is 1. The van der Waals surface area contributed by atoms with Crippen molar-refractivity contribution in [2.45, 2.75) is 6.42 Å². The van der Waals surface area contributed by atoms with Crippen molar-refractivity contribution in [2.75, 3.05) is 12.3 Å². The summed E-state index contributed by atoms with van der Waals surface area (Å²) in [5.41, 5.74) is 8.02. The zero-order valence-corrected chi connectivity index (χ0v) is 9.35. The number of carbonyl (C=O) groups is 1. The third-order valence-electron chi connectivity index (χ3n) is 2.46. The van der Waals surface area contributed by atoms with Gasteiger partial charge in [-0.25, -0.2) is 0 Å². The number of nitrogens with two attached hydrogens (primary N) is 1. The second-order valence-electron chi connectivity index (χ2n) is 3.76. The molecule has 88 valence electrons. The van der Waals surface area contributed by atoms with Gasteiger partial charge in [-0.2, -0.15) is 0 Å². The van der Waals surface area contributed by atoms with E-state index in [-0.39, 0.29) is 5.91 Å². The molecule has 17 heavy (non-hydrogen) atoms. The highest BCUT2D eigenvalue weighted by Crippen LogP contribution is 2.05. The normalized spacial score (nSPS) is 10.1. The highest BCUT2D eigenvalue weighted by atomic mass is 16.3. The lowest BCUT2D eigenvalue weighted by Crippen LogP contribution is -2.25. The molecule has 0 aliphatic carbocycles. The first-order valence-corrected chi connectivity index (χ1v) is 5.40. The highest BCUT2D eigenvalue weighted by Gasteiger charge is 2.05. The molecule has 0 aliphatic heterocycles. The Morgan fingerprint density at radius 1 is 1.24 bits per heavy atom. The molecular formula is C13H14N2O2. The predicted molar refractivity (Wildman–Crippen MR) is 65.6 cm³/mol. The molecule has 0 fully saturated rings. The van der Waals surface area contributed by atoms with E-state index in [9.17, 15) is 4.79 Å². The summed E-state index contributed by atoms with van der Waals surface area (Å²) in [5.74, 6) is -0.116. The van der Waals surface area contributed by atoms with Crippen LogP contribution in [0.5, 0.6) is 0 Å². The van der Waals surface area contributed by atoms with Crippen LogP contribution in [0.1, 0.15) is 15.9 Å². The van der Waals surface area contributed by atoms with E-state index >= 15 is 0 Å². The molecule has 1 amide bonds. The predicted octanol–water partition coefficient (Wildman–Crippen LogP) is 1.83. The molecule has 0 saturated heterocycles. The molecule has 0 spiro atoms. The number of nitrogen functional groups attached to an aromatic ring is 1. The van der Waals surface area contributed by atoms with Gasteiger partial charge in [0.1, 0.15) is 6.26 Å². The number of rotatable bonds is 4. The lowest BCUT2D eigenvalue weighted by atomic mass is 10.1. The highest BCUT2D eigenvalue weighted by molar-refractivity contribution is 5.93. The summed E-state index contributed by atoms with van der Waals surface area (Å²) in [5, 5.41) is 2.82. The molecular weight excluding hydrogens is 216 g/mol. The van der Waals surface area contributed by atoms with Gasteiger partial charge in [-0.1, -0.05) is 12.1 Å². The maximum atomic E-state index is 11.6. The van der Waals surface area contributed by atoms with Gasteiger partial charge in [-0.05, 0) is 30.2 Å². The first-order valence-electron chi connectivity index (χ1n) is 5.40. The van der Waals surface area contributed by atoms with Gasteiger partial charge in [-0.15, -0.1) is 0 Å². The van der Waals surface area contributed by atoms with Gasteiger partial charge in [0.15, 0.2) is 0 Å². The summed E-state index contributed by atoms with van der Waals surface area (Å²) >= 11 is 0. The van der Waals surface area contributed by atoms with Crippen molar-refractivity contribution in [3.05, 3.63) is 54.0 Å². The Hall–Kier alpha value is -2.23. The van der Waals surface area contributed by atoms with E-state index in [1.807, 2.05) is 24.3 Å². The lowest BCUT2D eigenvalue weighted by Gasteiger charge is -2.04. The average Bonchev–Trinajstić information content (AvgIpc) is 2.85. The van der Waals surface area contributed by atoms with E-state index in [2.05, 4.69) is 5.32 Å². The first-order chi connectivity index (χ1) is 8.25. The van der Waals surface area contributed by atoms with E-state index < -0.39 is 0 Å². The molecule has 4 nitrogen and oxygen atoms in total. The Bertz CT molecular complexity index is 475. The third kappa shape index (κ3) is 3.11. The van der Waals surface area contributed by atoms with Gasteiger partial charge in [0.25, 0.3) is 5.91 Å². The van der Waals surface area contributed by atoms with Crippen molar-refractivity contribution < 1.29 is 9.21 Å². The molecule has 1 heterocycles. The summed E-state index contributed by atoms with van der Waals surface area (Å²) in [4.78, 5) is 11.6. The van der Waals surface area contributed by atoms with Gasteiger partial charge in [0.05, 0.1) is 11.8 Å². The van der Waals surface area contributed by atoms with Gasteiger partial charge in [0, 0.05) is 12.2 Å². The van der Waals surface area contributed by atoms with E-state index in [0.29, 0.717) is 12.1 Å². The van der Waals surface area contributed by atoms with E-state index in [0.717, 1.165) is 17.7 Å². The fourth-order valence-corrected chi connectivity index (χ4v) is 1.50. The number of benzene rings is 1. The van der Waals surface area contributed by atoms with Crippen LogP contribution in [-0.2, 0) is 6.42 Å². The standard InChI is InChI=1S/C13H14N2O2/c14-12-3-1-10(2-4-12)5-7-15-13(16)11-6-8-17-9-11/h1-4,6,8-9H,5,7,14H2,(H,15,16). The number of hydrogen-bond donors (Lipinski definition) is 2. The molecule has 1 aromatic heterocycles. The topological polar surface area (TPSA) is 68.3 Å². The molecule has 0 atom stereocenters. The number of hydrogen-bond acceptors (Lipinski definition) is 3. The second kappa shape index (κ2) is 5.21. The third-order valence-corrected chi connectivity index (χ3v) is 2.46. The smallest absolute Gasteiger partial charge is 0.254 e. The maximum Gasteiger partial charge on any atom is 0.254 e. The number of carbonyl (C=O) groups excluding carboxylic acids is 1. The largest absolute Gasteiger partial charge is 0.472 e. The molecule has 2 aromatic rings. The summed E-state index contributed by atoms with van der Waals surface area (Å²) in [6, 6.07) is 9.26. The Morgan fingerprint density at radius 3 is 2.65 bits per heavy atom. The molecule has 0 unspecified atom stereocenters. The summed E-state index contributed by atoms with van der Waals surface area (Å²) in [6.45, 7) is 0.591. The Kier molecular flexibility index (Phi) is 3.45. The van der Waals surface area contributed by atoms with Crippen molar-refractivity contribution in [3.8, 4) is 0 Å². The van der Waals surface area contributed by atoms with Crippen LogP contribution in [0.3, 0.4) is 0 Å². The van der Waals surface area contributed by atoms with Crippen molar-refractivity contribution >= 4 is 11.6 Å². The van der Waals surface area contributed by atoms with Crippen LogP contribution >= 0.6 is 0 Å². The zero-order valence-electron chi connectivity index (χ0n) is 9.35. The number of anilines is 1. The van der Waals surface area contributed by atoms with Gasteiger partial charge >= 0.3 is 0 Å². The number of nitrogens with one attached hydrogen (secondary N) is 1.